The summed E-state index contributed by atoms with van der Waals surface area (Å²) in [5.74, 6) is 1.02. The summed E-state index contributed by atoms with van der Waals surface area (Å²) < 4.78 is 2.67. The number of nitrogens with zero attached hydrogens (tertiary/aromatic N) is 2. The summed E-state index contributed by atoms with van der Waals surface area (Å²) in [7, 11) is 0. The number of anilines is 1. The molecule has 5 heteroatoms. The van der Waals surface area contributed by atoms with Crippen LogP contribution in [0, 0.1) is 0 Å². The van der Waals surface area contributed by atoms with E-state index in [1.165, 1.54) is 0 Å². The van der Waals surface area contributed by atoms with Crippen molar-refractivity contribution in [3.8, 4) is 0 Å². The molecule has 0 aromatic carbocycles. The van der Waals surface area contributed by atoms with Gasteiger partial charge in [-0.3, -0.25) is 0 Å². The van der Waals surface area contributed by atoms with Crippen LogP contribution in [0.1, 0.15) is 25.3 Å². The minimum atomic E-state index is 0.354. The van der Waals surface area contributed by atoms with E-state index in [2.05, 4.69) is 41.6 Å². The Hall–Kier alpha value is -0.480. The molecule has 0 bridgehead atoms. The Kier molecular flexibility index (Phi) is 3.17. The lowest BCUT2D eigenvalue weighted by atomic mass is 10.1. The van der Waals surface area contributed by atoms with Gasteiger partial charge in [-0.25, -0.2) is 0 Å². The van der Waals surface area contributed by atoms with Gasteiger partial charge in [-0.15, -0.1) is 10.2 Å². The summed E-state index contributed by atoms with van der Waals surface area (Å²) in [4.78, 5) is 0. The number of hydrogen-bond acceptors (Lipinski definition) is 4. The van der Waals surface area contributed by atoms with Crippen molar-refractivity contribution in [1.82, 2.24) is 10.2 Å². The Labute approximate surface area is 82.1 Å². The molecule has 1 aromatic heterocycles. The molecule has 0 aliphatic rings. The van der Waals surface area contributed by atoms with Crippen molar-refractivity contribution >= 4 is 30.2 Å². The smallest absolute Gasteiger partial charge is 0.161 e. The zero-order valence-corrected chi connectivity index (χ0v) is 8.52. The predicted molar refractivity (Wildman–Crippen MR) is 53.7 cm³/mol. The van der Waals surface area contributed by atoms with Gasteiger partial charge in [-0.05, 0) is 12.0 Å². The van der Waals surface area contributed by atoms with Crippen molar-refractivity contribution in [3.05, 3.63) is 16.8 Å². The van der Waals surface area contributed by atoms with Crippen LogP contribution in [0.15, 0.2) is 6.07 Å². The Morgan fingerprint density at radius 2 is 2.17 bits per heavy atom. The molecule has 0 saturated heterocycles. The molecule has 0 saturated carbocycles. The van der Waals surface area contributed by atoms with Crippen LogP contribution in [0.5, 0.6) is 0 Å². The highest BCUT2D eigenvalue weighted by Crippen LogP contribution is 2.23. The summed E-state index contributed by atoms with van der Waals surface area (Å²) in [6.07, 6.45) is 0. The number of aromatic nitrogens is 2. The monoisotopic (exact) mass is 203 g/mol. The van der Waals surface area contributed by atoms with Crippen LogP contribution in [0.3, 0.4) is 0 Å². The molecular weight excluding hydrogens is 194 g/mol. The Bertz CT molecular complexity index is 277. The van der Waals surface area contributed by atoms with Crippen molar-refractivity contribution < 1.29 is 0 Å². The normalized spacial score (nSPS) is 10.4. The van der Waals surface area contributed by atoms with E-state index in [9.17, 15) is 0 Å². The first kappa shape index (κ1) is 9.61. The highest BCUT2D eigenvalue weighted by Gasteiger charge is 2.08. The van der Waals surface area contributed by atoms with E-state index in [1.807, 2.05) is 0 Å². The second kappa shape index (κ2) is 3.96. The van der Waals surface area contributed by atoms with Crippen LogP contribution in [0.4, 0.5) is 5.82 Å². The van der Waals surface area contributed by atoms with Gasteiger partial charge in [0, 0.05) is 5.56 Å². The fraction of sp³-hybridized carbons (Fsp3) is 0.429. The van der Waals surface area contributed by atoms with Crippen LogP contribution >= 0.6 is 24.4 Å². The van der Waals surface area contributed by atoms with Gasteiger partial charge >= 0.3 is 0 Å². The Morgan fingerprint density at radius 1 is 1.50 bits per heavy atom. The lowest BCUT2D eigenvalue weighted by Crippen LogP contribution is -1.98. The van der Waals surface area contributed by atoms with Gasteiger partial charge in [-0.1, -0.05) is 38.3 Å². The highest BCUT2D eigenvalue weighted by atomic mass is 35.5. The molecule has 0 aliphatic heterocycles. The lowest BCUT2D eigenvalue weighted by Gasteiger charge is -2.09. The molecule has 0 amide bonds. The molecule has 0 atom stereocenters. The third kappa shape index (κ3) is 2.01. The molecule has 1 heterocycles. The quantitative estimate of drug-likeness (QED) is 0.726. The standard InChI is InChI=1S/C7H10ClN3S/c1-4(2)5-3-6(8)9-10-7(5)11-12/h3-4,12H,1-2H3,(H,10,11). The van der Waals surface area contributed by atoms with Crippen LogP contribution < -0.4 is 4.72 Å². The third-order valence-corrected chi connectivity index (χ3v) is 1.92. The molecular formula is C7H10ClN3S. The van der Waals surface area contributed by atoms with Gasteiger partial charge in [0.05, 0.1) is 0 Å². The Balaban J connectivity index is 3.12. The van der Waals surface area contributed by atoms with E-state index in [1.54, 1.807) is 6.07 Å². The number of halogens is 1. The number of thiol groups is 1. The minimum Gasteiger partial charge on any atom is -0.315 e. The van der Waals surface area contributed by atoms with Gasteiger partial charge in [-0.2, -0.15) is 0 Å². The second-order valence-electron chi connectivity index (χ2n) is 2.74. The van der Waals surface area contributed by atoms with Crippen molar-refractivity contribution in [2.75, 3.05) is 4.72 Å². The minimum absolute atomic E-state index is 0.354. The Morgan fingerprint density at radius 3 is 2.67 bits per heavy atom. The largest absolute Gasteiger partial charge is 0.315 e. The van der Waals surface area contributed by atoms with Crippen molar-refractivity contribution in [1.29, 1.82) is 0 Å². The van der Waals surface area contributed by atoms with Crippen LogP contribution in [-0.2, 0) is 0 Å². The van der Waals surface area contributed by atoms with Crippen molar-refractivity contribution in [2.45, 2.75) is 19.8 Å². The predicted octanol–water partition coefficient (Wildman–Crippen LogP) is 2.51. The number of nitrogens with one attached hydrogen (secondary N) is 1. The summed E-state index contributed by atoms with van der Waals surface area (Å²) in [6.45, 7) is 4.12. The van der Waals surface area contributed by atoms with Crippen LogP contribution in [0.25, 0.3) is 0 Å². The highest BCUT2D eigenvalue weighted by molar-refractivity contribution is 7.81. The van der Waals surface area contributed by atoms with Crippen LogP contribution in [0.2, 0.25) is 5.15 Å². The molecule has 1 rings (SSSR count). The van der Waals surface area contributed by atoms with Gasteiger partial charge in [0.15, 0.2) is 11.0 Å². The fourth-order valence-corrected chi connectivity index (χ4v) is 1.24. The third-order valence-electron chi connectivity index (χ3n) is 1.52. The topological polar surface area (TPSA) is 37.8 Å². The molecule has 1 N–H and O–H groups in total. The van der Waals surface area contributed by atoms with E-state index < -0.39 is 0 Å². The number of rotatable bonds is 2. The summed E-state index contributed by atoms with van der Waals surface area (Å²) >= 11 is 9.60. The maximum atomic E-state index is 5.69. The van der Waals surface area contributed by atoms with E-state index in [4.69, 9.17) is 11.6 Å². The molecule has 0 spiro atoms. The van der Waals surface area contributed by atoms with E-state index in [0.29, 0.717) is 16.9 Å². The average molecular weight is 204 g/mol. The SMILES string of the molecule is CC(C)c1cc(Cl)nnc1NS. The van der Waals surface area contributed by atoms with Gasteiger partial charge in [0.1, 0.15) is 0 Å². The van der Waals surface area contributed by atoms with Crippen molar-refractivity contribution in [2.24, 2.45) is 0 Å². The first-order valence-corrected chi connectivity index (χ1v) is 4.41. The van der Waals surface area contributed by atoms with Gasteiger partial charge < -0.3 is 4.72 Å². The number of hydrogen-bond donors (Lipinski definition) is 2. The molecule has 0 unspecified atom stereocenters. The summed E-state index contributed by atoms with van der Waals surface area (Å²) in [5.41, 5.74) is 1.02. The first-order valence-electron chi connectivity index (χ1n) is 3.58. The zero-order valence-electron chi connectivity index (χ0n) is 6.87. The molecule has 12 heavy (non-hydrogen) atoms. The lowest BCUT2D eigenvalue weighted by molar-refractivity contribution is 0.848. The first-order chi connectivity index (χ1) is 5.65. The van der Waals surface area contributed by atoms with Gasteiger partial charge in [0.2, 0.25) is 0 Å². The summed E-state index contributed by atoms with van der Waals surface area (Å²) in [5, 5.41) is 7.95. The van der Waals surface area contributed by atoms with Gasteiger partial charge in [0.25, 0.3) is 0 Å². The maximum absolute atomic E-state index is 5.69. The fourth-order valence-electron chi connectivity index (χ4n) is 0.908. The van der Waals surface area contributed by atoms with Crippen LogP contribution in [-0.4, -0.2) is 10.2 Å². The molecule has 66 valence electrons. The molecule has 1 aromatic rings. The van der Waals surface area contributed by atoms with E-state index >= 15 is 0 Å². The molecule has 0 aliphatic carbocycles. The molecule has 0 fully saturated rings. The molecule has 0 radical (unpaired) electrons. The maximum Gasteiger partial charge on any atom is 0.161 e. The molecule has 3 nitrogen and oxygen atoms in total. The second-order valence-corrected chi connectivity index (χ2v) is 3.35. The zero-order chi connectivity index (χ0) is 9.14. The van der Waals surface area contributed by atoms with Crippen molar-refractivity contribution in [3.63, 3.8) is 0 Å². The average Bonchev–Trinajstić information content (AvgIpc) is 2.04. The van der Waals surface area contributed by atoms with E-state index in [0.717, 1.165) is 5.56 Å². The van der Waals surface area contributed by atoms with E-state index in [-0.39, 0.29) is 0 Å². The summed E-state index contributed by atoms with van der Waals surface area (Å²) in [6, 6.07) is 1.79.